The SMILES string of the molecule is [2H]C1([2H])O[C@@]2([2H])OCC[C@@]2([2H])[C@@]1([2H])O. The number of hydrogen-bond donors (Lipinski definition) is 1. The Morgan fingerprint density at radius 1 is 1.67 bits per heavy atom. The molecular weight excluding hydrogens is 120 g/mol. The molecule has 1 N–H and O–H groups in total. The zero-order valence-corrected chi connectivity index (χ0v) is 4.68. The van der Waals surface area contributed by atoms with E-state index in [-0.39, 0.29) is 13.0 Å². The minimum Gasteiger partial charge on any atom is -0.390 e. The van der Waals surface area contributed by atoms with Gasteiger partial charge in [-0.15, -0.1) is 0 Å². The lowest BCUT2D eigenvalue weighted by Crippen LogP contribution is -2.18. The molecule has 0 amide bonds. The highest BCUT2D eigenvalue weighted by Gasteiger charge is 2.40. The second-order valence-corrected chi connectivity index (χ2v) is 1.92. The van der Waals surface area contributed by atoms with Gasteiger partial charge in [-0.1, -0.05) is 0 Å². The summed E-state index contributed by atoms with van der Waals surface area (Å²) < 4.78 is 46.5. The number of ether oxygens (including phenoxy) is 2. The molecule has 2 fully saturated rings. The van der Waals surface area contributed by atoms with Crippen LogP contribution in [0.25, 0.3) is 0 Å². The first-order valence-corrected chi connectivity index (χ1v) is 2.73. The van der Waals surface area contributed by atoms with Crippen molar-refractivity contribution in [2.24, 2.45) is 5.89 Å². The van der Waals surface area contributed by atoms with E-state index in [0.29, 0.717) is 0 Å². The summed E-state index contributed by atoms with van der Waals surface area (Å²) in [5.41, 5.74) is 0. The molecule has 2 heterocycles. The Balaban J connectivity index is 2.52. The van der Waals surface area contributed by atoms with Gasteiger partial charge < -0.3 is 14.6 Å². The van der Waals surface area contributed by atoms with E-state index in [1.54, 1.807) is 0 Å². The lowest BCUT2D eigenvalue weighted by atomic mass is 10.0. The first-order valence-electron chi connectivity index (χ1n) is 5.23. The van der Waals surface area contributed by atoms with E-state index in [0.717, 1.165) is 0 Å². The topological polar surface area (TPSA) is 38.7 Å². The van der Waals surface area contributed by atoms with E-state index < -0.39 is 24.8 Å². The van der Waals surface area contributed by atoms with Crippen LogP contribution in [-0.4, -0.2) is 30.6 Å². The molecule has 2 saturated heterocycles. The van der Waals surface area contributed by atoms with Crippen molar-refractivity contribution in [1.29, 1.82) is 0 Å². The van der Waals surface area contributed by atoms with Gasteiger partial charge in [-0.25, -0.2) is 0 Å². The molecule has 0 spiro atoms. The van der Waals surface area contributed by atoms with Crippen molar-refractivity contribution in [2.45, 2.75) is 18.8 Å². The summed E-state index contributed by atoms with van der Waals surface area (Å²) in [6.45, 7) is -2.76. The van der Waals surface area contributed by atoms with Crippen molar-refractivity contribution in [2.75, 3.05) is 13.2 Å². The molecule has 0 aromatic carbocycles. The van der Waals surface area contributed by atoms with Crippen LogP contribution in [0.3, 0.4) is 0 Å². The Labute approximate surface area is 60.6 Å². The minimum absolute atomic E-state index is 0.00424. The Kier molecular flexibility index (Phi) is 0.536. The summed E-state index contributed by atoms with van der Waals surface area (Å²) >= 11 is 0. The standard InChI is InChI=1S/C6H10O3/c7-5-3-9-6-4(5)1-2-8-6/h4-7H,1-3H2/t4-,5-,6+/m0/s1/i3D2,4D,5D,6D. The van der Waals surface area contributed by atoms with Gasteiger partial charge in [0.15, 0.2) is 6.27 Å². The van der Waals surface area contributed by atoms with Crippen LogP contribution in [-0.2, 0) is 9.47 Å². The summed E-state index contributed by atoms with van der Waals surface area (Å²) in [6, 6.07) is 0. The molecule has 2 aliphatic heterocycles. The van der Waals surface area contributed by atoms with E-state index in [1.165, 1.54) is 0 Å². The fraction of sp³-hybridized carbons (Fsp3) is 1.00. The second kappa shape index (κ2) is 1.94. The van der Waals surface area contributed by atoms with Gasteiger partial charge in [0.1, 0.15) is 0 Å². The molecule has 0 aromatic rings. The van der Waals surface area contributed by atoms with Gasteiger partial charge in [0.25, 0.3) is 0 Å². The Bertz CT molecular complexity index is 283. The lowest BCUT2D eigenvalue weighted by Gasteiger charge is -2.06. The van der Waals surface area contributed by atoms with Gasteiger partial charge in [-0.05, 0) is 6.42 Å². The Morgan fingerprint density at radius 3 is 3.33 bits per heavy atom. The maximum absolute atomic E-state index is 9.60. The van der Waals surface area contributed by atoms with E-state index in [4.69, 9.17) is 11.6 Å². The predicted molar refractivity (Wildman–Crippen MR) is 29.8 cm³/mol. The molecule has 3 heteroatoms. The summed E-state index contributed by atoms with van der Waals surface area (Å²) in [5.74, 6) is -2.11. The maximum atomic E-state index is 9.60. The van der Waals surface area contributed by atoms with Crippen molar-refractivity contribution < 1.29 is 21.4 Å². The molecule has 52 valence electrons. The second-order valence-electron chi connectivity index (χ2n) is 1.92. The lowest BCUT2D eigenvalue weighted by molar-refractivity contribution is -0.0907. The number of rotatable bonds is 0. The summed E-state index contributed by atoms with van der Waals surface area (Å²) in [4.78, 5) is 0. The van der Waals surface area contributed by atoms with E-state index in [9.17, 15) is 5.11 Å². The highest BCUT2D eigenvalue weighted by molar-refractivity contribution is 4.81. The third-order valence-electron chi connectivity index (χ3n) is 1.36. The molecule has 0 aliphatic carbocycles. The molecule has 3 nitrogen and oxygen atoms in total. The molecule has 0 bridgehead atoms. The van der Waals surface area contributed by atoms with Crippen molar-refractivity contribution in [3.63, 3.8) is 0 Å². The van der Waals surface area contributed by atoms with Gasteiger partial charge in [-0.2, -0.15) is 0 Å². The van der Waals surface area contributed by atoms with Gasteiger partial charge in [-0.3, -0.25) is 0 Å². The normalized spacial score (nSPS) is 87.9. The minimum atomic E-state index is -2.79. The third-order valence-corrected chi connectivity index (χ3v) is 1.36. The number of fused-ring (bicyclic) bond motifs is 1. The van der Waals surface area contributed by atoms with Crippen LogP contribution in [0.15, 0.2) is 0 Å². The predicted octanol–water partition coefficient (Wildman–Crippen LogP) is -0.260. The van der Waals surface area contributed by atoms with Crippen LogP contribution in [0.4, 0.5) is 0 Å². The zero-order valence-electron chi connectivity index (χ0n) is 9.68. The van der Waals surface area contributed by atoms with Crippen LogP contribution in [0.5, 0.6) is 0 Å². The first-order chi connectivity index (χ1) is 6.16. The smallest absolute Gasteiger partial charge is 0.163 e. The van der Waals surface area contributed by atoms with E-state index >= 15 is 0 Å². The van der Waals surface area contributed by atoms with Crippen LogP contribution in [0, 0.1) is 5.89 Å². The molecule has 9 heavy (non-hydrogen) atoms. The van der Waals surface area contributed by atoms with Crippen molar-refractivity contribution in [3.8, 4) is 0 Å². The van der Waals surface area contributed by atoms with Gasteiger partial charge in [0.2, 0.25) is 0 Å². The molecule has 0 aromatic heterocycles. The van der Waals surface area contributed by atoms with Crippen LogP contribution in [0.1, 0.15) is 13.3 Å². The van der Waals surface area contributed by atoms with Crippen LogP contribution < -0.4 is 0 Å². The van der Waals surface area contributed by atoms with Crippen molar-refractivity contribution >= 4 is 0 Å². The van der Waals surface area contributed by atoms with E-state index in [1.807, 2.05) is 0 Å². The van der Waals surface area contributed by atoms with Crippen molar-refractivity contribution in [1.82, 2.24) is 0 Å². The fourth-order valence-corrected chi connectivity index (χ4v) is 0.897. The first kappa shape index (κ1) is 2.49. The Hall–Kier alpha value is -0.120. The maximum Gasteiger partial charge on any atom is 0.163 e. The highest BCUT2D eigenvalue weighted by atomic mass is 16.7. The molecule has 0 saturated carbocycles. The molecular formula is C6H10O3. The molecule has 2 aliphatic rings. The summed E-state index contributed by atoms with van der Waals surface area (Å²) in [6.07, 6.45) is -5.18. The molecule has 0 radical (unpaired) electrons. The Morgan fingerprint density at radius 2 is 2.56 bits per heavy atom. The number of hydrogen-bond acceptors (Lipinski definition) is 3. The average Bonchev–Trinajstić information content (AvgIpc) is 2.31. The third kappa shape index (κ3) is 0.764. The molecule has 3 atom stereocenters. The highest BCUT2D eigenvalue weighted by Crippen LogP contribution is 2.30. The molecule has 2 rings (SSSR count). The molecule has 0 unspecified atom stereocenters. The fourth-order valence-electron chi connectivity index (χ4n) is 0.897. The number of aliphatic hydroxyl groups is 1. The summed E-state index contributed by atoms with van der Waals surface area (Å²) in [7, 11) is 0. The largest absolute Gasteiger partial charge is 0.390 e. The quantitative estimate of drug-likeness (QED) is 0.497. The van der Waals surface area contributed by atoms with Crippen LogP contribution >= 0.6 is 0 Å². The van der Waals surface area contributed by atoms with Gasteiger partial charge in [0.05, 0.1) is 24.7 Å². The van der Waals surface area contributed by atoms with E-state index in [2.05, 4.69) is 4.74 Å². The summed E-state index contributed by atoms with van der Waals surface area (Å²) in [5, 5.41) is 9.60. The van der Waals surface area contributed by atoms with Gasteiger partial charge in [0, 0.05) is 7.26 Å². The average molecular weight is 135 g/mol. The van der Waals surface area contributed by atoms with Gasteiger partial charge >= 0.3 is 0 Å². The monoisotopic (exact) mass is 135 g/mol. The zero-order chi connectivity index (χ0) is 10.8. The van der Waals surface area contributed by atoms with Crippen LogP contribution in [0.2, 0.25) is 0 Å². The van der Waals surface area contributed by atoms with Crippen molar-refractivity contribution in [3.05, 3.63) is 0 Å².